The molecule has 1 atom stereocenters. The first-order valence-electron chi connectivity index (χ1n) is 11.5. The van der Waals surface area contributed by atoms with Gasteiger partial charge in [0.2, 0.25) is 6.79 Å². The quantitative estimate of drug-likeness (QED) is 0.543. The number of nitrogens with zero attached hydrogens (tertiary/aromatic N) is 4. The Hall–Kier alpha value is -3.04. The van der Waals surface area contributed by atoms with Crippen molar-refractivity contribution in [3.05, 3.63) is 58.5 Å². The molecule has 1 aromatic carbocycles. The fourth-order valence-corrected chi connectivity index (χ4v) is 4.68. The van der Waals surface area contributed by atoms with Gasteiger partial charge in [-0.2, -0.15) is 0 Å². The van der Waals surface area contributed by atoms with E-state index in [0.29, 0.717) is 23.2 Å². The zero-order valence-corrected chi connectivity index (χ0v) is 20.0. The van der Waals surface area contributed by atoms with Gasteiger partial charge in [0.15, 0.2) is 23.1 Å². The summed E-state index contributed by atoms with van der Waals surface area (Å²) >= 11 is 6.50. The summed E-state index contributed by atoms with van der Waals surface area (Å²) in [6.07, 6.45) is 3.01. The SMILES string of the molecule is CC(C)C[C@H](NC(=O)c1ccco1)c1nnc2n1CCN(Cc1cc3c(cc1Cl)OCO3)CC2. The van der Waals surface area contributed by atoms with E-state index >= 15 is 0 Å². The van der Waals surface area contributed by atoms with Gasteiger partial charge in [0.1, 0.15) is 5.82 Å². The molecule has 0 spiro atoms. The first kappa shape index (κ1) is 22.7. The summed E-state index contributed by atoms with van der Waals surface area (Å²) in [7, 11) is 0. The smallest absolute Gasteiger partial charge is 0.287 e. The average molecular weight is 486 g/mol. The summed E-state index contributed by atoms with van der Waals surface area (Å²) in [6.45, 7) is 7.55. The van der Waals surface area contributed by atoms with E-state index in [1.54, 1.807) is 12.1 Å². The van der Waals surface area contributed by atoms with Crippen LogP contribution < -0.4 is 14.8 Å². The van der Waals surface area contributed by atoms with Gasteiger partial charge in [0.25, 0.3) is 5.91 Å². The predicted octanol–water partition coefficient (Wildman–Crippen LogP) is 3.83. The Balaban J connectivity index is 1.31. The largest absolute Gasteiger partial charge is 0.459 e. The van der Waals surface area contributed by atoms with E-state index in [2.05, 4.69) is 38.8 Å². The number of carbonyl (C=O) groups is 1. The van der Waals surface area contributed by atoms with Crippen LogP contribution in [0.1, 0.15) is 54.1 Å². The van der Waals surface area contributed by atoms with Gasteiger partial charge in [0.05, 0.1) is 12.3 Å². The minimum Gasteiger partial charge on any atom is -0.459 e. The molecular weight excluding hydrogens is 458 g/mol. The van der Waals surface area contributed by atoms with Crippen molar-refractivity contribution in [3.8, 4) is 11.5 Å². The van der Waals surface area contributed by atoms with Gasteiger partial charge in [-0.05, 0) is 36.1 Å². The van der Waals surface area contributed by atoms with Crippen molar-refractivity contribution in [1.29, 1.82) is 0 Å². The third-order valence-corrected chi connectivity index (χ3v) is 6.50. The van der Waals surface area contributed by atoms with Crippen molar-refractivity contribution in [2.75, 3.05) is 19.9 Å². The molecule has 4 heterocycles. The van der Waals surface area contributed by atoms with E-state index in [1.807, 2.05) is 12.1 Å². The van der Waals surface area contributed by atoms with Crippen LogP contribution in [0.25, 0.3) is 0 Å². The molecule has 0 aliphatic carbocycles. The summed E-state index contributed by atoms with van der Waals surface area (Å²) in [5.41, 5.74) is 1.01. The Morgan fingerprint density at radius 3 is 2.76 bits per heavy atom. The summed E-state index contributed by atoms with van der Waals surface area (Å²) < 4.78 is 18.4. The second kappa shape index (κ2) is 9.68. The van der Waals surface area contributed by atoms with Crippen molar-refractivity contribution in [2.45, 2.75) is 45.8 Å². The maximum atomic E-state index is 12.7. The molecule has 2 aromatic heterocycles. The van der Waals surface area contributed by atoms with Crippen LogP contribution in [0.5, 0.6) is 11.5 Å². The molecule has 0 bridgehead atoms. The van der Waals surface area contributed by atoms with Crippen molar-refractivity contribution in [3.63, 3.8) is 0 Å². The summed E-state index contributed by atoms with van der Waals surface area (Å²) in [6, 6.07) is 6.89. The second-order valence-corrected chi connectivity index (χ2v) is 9.49. The number of ether oxygens (including phenoxy) is 2. The van der Waals surface area contributed by atoms with Gasteiger partial charge in [-0.25, -0.2) is 0 Å². The van der Waals surface area contributed by atoms with Crippen LogP contribution in [0.3, 0.4) is 0 Å². The first-order chi connectivity index (χ1) is 16.5. The number of carbonyl (C=O) groups excluding carboxylic acids is 1. The zero-order valence-electron chi connectivity index (χ0n) is 19.3. The van der Waals surface area contributed by atoms with Crippen LogP contribution in [0.15, 0.2) is 34.9 Å². The minimum absolute atomic E-state index is 0.226. The molecule has 34 heavy (non-hydrogen) atoms. The normalized spacial score (nSPS) is 16.4. The fourth-order valence-electron chi connectivity index (χ4n) is 4.46. The molecule has 9 nitrogen and oxygen atoms in total. The van der Waals surface area contributed by atoms with E-state index in [0.717, 1.165) is 55.4 Å². The number of fused-ring (bicyclic) bond motifs is 2. The predicted molar refractivity (Wildman–Crippen MR) is 125 cm³/mol. The number of furan rings is 1. The van der Waals surface area contributed by atoms with Gasteiger partial charge < -0.3 is 23.8 Å². The van der Waals surface area contributed by atoms with E-state index in [9.17, 15) is 4.79 Å². The third kappa shape index (κ3) is 4.76. The molecule has 3 aromatic rings. The maximum absolute atomic E-state index is 12.7. The van der Waals surface area contributed by atoms with Crippen LogP contribution in [-0.4, -0.2) is 45.5 Å². The Bertz CT molecular complexity index is 1160. The van der Waals surface area contributed by atoms with Gasteiger partial charge in [0, 0.05) is 43.7 Å². The number of nitrogens with one attached hydrogen (secondary N) is 1. The molecule has 2 aliphatic heterocycles. The van der Waals surface area contributed by atoms with Crippen molar-refractivity contribution in [1.82, 2.24) is 25.0 Å². The number of hydrogen-bond acceptors (Lipinski definition) is 7. The Morgan fingerprint density at radius 1 is 1.18 bits per heavy atom. The Labute approximate surface area is 203 Å². The molecule has 1 N–H and O–H groups in total. The molecule has 10 heteroatoms. The number of halogens is 1. The highest BCUT2D eigenvalue weighted by atomic mass is 35.5. The van der Waals surface area contributed by atoms with Crippen molar-refractivity contribution >= 4 is 17.5 Å². The molecule has 5 rings (SSSR count). The summed E-state index contributed by atoms with van der Waals surface area (Å²) in [5.74, 6) is 3.54. The lowest BCUT2D eigenvalue weighted by Crippen LogP contribution is -2.32. The summed E-state index contributed by atoms with van der Waals surface area (Å²) in [5, 5.41) is 12.7. The number of rotatable bonds is 7. The molecular formula is C24H28ClN5O4. The zero-order chi connectivity index (χ0) is 23.7. The minimum atomic E-state index is -0.256. The molecule has 0 unspecified atom stereocenters. The van der Waals surface area contributed by atoms with E-state index in [4.69, 9.17) is 25.5 Å². The lowest BCUT2D eigenvalue weighted by atomic mass is 10.0. The topological polar surface area (TPSA) is 94.7 Å². The Kier molecular flexibility index (Phi) is 6.47. The lowest BCUT2D eigenvalue weighted by Gasteiger charge is -2.22. The van der Waals surface area contributed by atoms with E-state index in [-0.39, 0.29) is 24.5 Å². The highest BCUT2D eigenvalue weighted by Crippen LogP contribution is 2.37. The fraction of sp³-hybridized carbons (Fsp3) is 0.458. The van der Waals surface area contributed by atoms with E-state index < -0.39 is 0 Å². The number of amides is 1. The highest BCUT2D eigenvalue weighted by Gasteiger charge is 2.27. The average Bonchev–Trinajstić information content (AvgIpc) is 3.54. The second-order valence-electron chi connectivity index (χ2n) is 9.08. The lowest BCUT2D eigenvalue weighted by molar-refractivity contribution is 0.0900. The van der Waals surface area contributed by atoms with Crippen LogP contribution in [0.4, 0.5) is 0 Å². The third-order valence-electron chi connectivity index (χ3n) is 6.15. The maximum Gasteiger partial charge on any atom is 0.287 e. The standard InChI is InChI=1S/C24H28ClN5O4/c1-15(2)10-18(26-24(31)19-4-3-9-32-19)23-28-27-22-5-6-29(7-8-30(22)23)13-16-11-20-21(12-17(16)25)34-14-33-20/h3-4,9,11-12,15,18H,5-8,10,13-14H2,1-2H3,(H,26,31)/t18-/m0/s1. The first-order valence-corrected chi connectivity index (χ1v) is 11.9. The van der Waals surface area contributed by atoms with Crippen molar-refractivity contribution in [2.24, 2.45) is 5.92 Å². The molecule has 180 valence electrons. The monoisotopic (exact) mass is 485 g/mol. The van der Waals surface area contributed by atoms with Crippen molar-refractivity contribution < 1.29 is 18.7 Å². The molecule has 0 fully saturated rings. The van der Waals surface area contributed by atoms with Gasteiger partial charge in [-0.1, -0.05) is 25.4 Å². The highest BCUT2D eigenvalue weighted by molar-refractivity contribution is 6.31. The summed E-state index contributed by atoms with van der Waals surface area (Å²) in [4.78, 5) is 15.0. The molecule has 0 saturated carbocycles. The van der Waals surface area contributed by atoms with Crippen LogP contribution in [0, 0.1) is 5.92 Å². The molecule has 2 aliphatic rings. The van der Waals surface area contributed by atoms with Crippen LogP contribution >= 0.6 is 11.6 Å². The number of aromatic nitrogens is 3. The van der Waals surface area contributed by atoms with Gasteiger partial charge in [-0.15, -0.1) is 10.2 Å². The molecule has 0 saturated heterocycles. The number of benzene rings is 1. The Morgan fingerprint density at radius 2 is 2.00 bits per heavy atom. The van der Waals surface area contributed by atoms with Crippen LogP contribution in [0.2, 0.25) is 5.02 Å². The molecule has 0 radical (unpaired) electrons. The van der Waals surface area contributed by atoms with Gasteiger partial charge >= 0.3 is 0 Å². The molecule has 1 amide bonds. The van der Waals surface area contributed by atoms with E-state index in [1.165, 1.54) is 6.26 Å². The van der Waals surface area contributed by atoms with Gasteiger partial charge in [-0.3, -0.25) is 9.69 Å². The van der Waals surface area contributed by atoms with Crippen LogP contribution in [-0.2, 0) is 19.5 Å². The number of hydrogen-bond donors (Lipinski definition) is 1.